The second kappa shape index (κ2) is 11.1. The zero-order valence-corrected chi connectivity index (χ0v) is 19.0. The second-order valence-corrected chi connectivity index (χ2v) is 8.58. The Hall–Kier alpha value is -3.87. The fourth-order valence-corrected chi connectivity index (χ4v) is 4.19. The summed E-state index contributed by atoms with van der Waals surface area (Å²) in [7, 11) is -2.85. The average molecular weight is 479 g/mol. The lowest BCUT2D eigenvalue weighted by molar-refractivity contribution is -0.119. The number of methoxy groups -OCH3 is 1. The van der Waals surface area contributed by atoms with E-state index in [2.05, 4.69) is 14.7 Å². The van der Waals surface area contributed by atoms with E-state index in [1.54, 1.807) is 6.07 Å². The molecule has 2 aromatic rings. The first-order chi connectivity index (χ1) is 15.6. The number of H-pyrrole nitrogens is 1. The first kappa shape index (κ1) is 25.4. The molecule has 1 aromatic carbocycles. The van der Waals surface area contributed by atoms with E-state index in [4.69, 9.17) is 16.2 Å². The second-order valence-electron chi connectivity index (χ2n) is 6.89. The number of amides is 1. The number of hydrogen-bond acceptors (Lipinski definition) is 7. The van der Waals surface area contributed by atoms with Crippen LogP contribution < -0.4 is 31.4 Å². The van der Waals surface area contributed by atoms with Crippen LogP contribution in [0.25, 0.3) is 0 Å². The molecule has 33 heavy (non-hydrogen) atoms. The maximum absolute atomic E-state index is 12.9. The molecule has 1 amide bonds. The van der Waals surface area contributed by atoms with Gasteiger partial charge in [-0.15, -0.1) is 0 Å². The number of benzene rings is 1. The van der Waals surface area contributed by atoms with E-state index >= 15 is 0 Å². The number of nitrogens with one attached hydrogen (secondary N) is 2. The van der Waals surface area contributed by atoms with Crippen molar-refractivity contribution >= 4 is 39.6 Å². The molecule has 13 heteroatoms. The molecule has 0 bridgehead atoms. The van der Waals surface area contributed by atoms with E-state index < -0.39 is 33.2 Å². The molecule has 0 saturated carbocycles. The molecule has 0 spiro atoms. The third-order valence-corrected chi connectivity index (χ3v) is 5.91. The van der Waals surface area contributed by atoms with Gasteiger partial charge in [0, 0.05) is 25.7 Å². The van der Waals surface area contributed by atoms with Gasteiger partial charge < -0.3 is 30.9 Å². The van der Waals surface area contributed by atoms with Gasteiger partial charge in [-0.1, -0.05) is 6.07 Å². The van der Waals surface area contributed by atoms with Gasteiger partial charge in [-0.2, -0.15) is 0 Å². The van der Waals surface area contributed by atoms with Crippen LogP contribution in [0.5, 0.6) is 5.75 Å². The number of anilines is 2. The van der Waals surface area contributed by atoms with Gasteiger partial charge >= 0.3 is 0 Å². The zero-order valence-electron chi connectivity index (χ0n) is 18.1. The topological polar surface area (TPSA) is 190 Å². The molecule has 0 radical (unpaired) electrons. The number of pyridine rings is 1. The third-order valence-electron chi connectivity index (χ3n) is 4.57. The van der Waals surface area contributed by atoms with Gasteiger partial charge in [0.2, 0.25) is 5.91 Å². The van der Waals surface area contributed by atoms with Gasteiger partial charge in [-0.3, -0.25) is 19.3 Å². The van der Waals surface area contributed by atoms with Crippen LogP contribution in [0, 0.1) is 0 Å². The van der Waals surface area contributed by atoms with Crippen LogP contribution in [-0.2, 0) is 19.6 Å². The lowest BCUT2D eigenvalue weighted by Crippen LogP contribution is -2.41. The van der Waals surface area contributed by atoms with E-state index in [1.807, 2.05) is 0 Å². The average Bonchev–Trinajstić information content (AvgIpc) is 2.77. The predicted molar refractivity (Wildman–Crippen MR) is 124 cm³/mol. The molecule has 0 saturated heterocycles. The number of aliphatic imine (C=N–C) groups is 1. The summed E-state index contributed by atoms with van der Waals surface area (Å²) in [6.45, 7) is 1.43. The van der Waals surface area contributed by atoms with Crippen LogP contribution in [0.4, 0.5) is 11.4 Å². The van der Waals surface area contributed by atoms with Crippen molar-refractivity contribution in [2.24, 2.45) is 16.5 Å². The molecule has 12 nitrogen and oxygen atoms in total. The van der Waals surface area contributed by atoms with Crippen molar-refractivity contribution in [2.75, 3.05) is 23.3 Å². The van der Waals surface area contributed by atoms with Gasteiger partial charge in [-0.25, -0.2) is 8.42 Å². The van der Waals surface area contributed by atoms with Crippen LogP contribution in [0.15, 0.2) is 51.2 Å². The molecule has 1 aromatic heterocycles. The number of guanidine groups is 1. The summed E-state index contributed by atoms with van der Waals surface area (Å²) in [5.74, 6) is -0.376. The van der Waals surface area contributed by atoms with Crippen LogP contribution in [0.1, 0.15) is 19.8 Å². The van der Waals surface area contributed by atoms with E-state index in [0.717, 1.165) is 4.90 Å². The smallest absolute Gasteiger partial charge is 0.274 e. The van der Waals surface area contributed by atoms with Crippen molar-refractivity contribution < 1.29 is 22.7 Å². The Morgan fingerprint density at radius 1 is 1.33 bits per heavy atom. The highest BCUT2D eigenvalue weighted by molar-refractivity contribution is 7.92. The number of carbonyl (C=O) groups excluding carboxylic acids is 2. The van der Waals surface area contributed by atoms with E-state index in [9.17, 15) is 22.8 Å². The van der Waals surface area contributed by atoms with Crippen molar-refractivity contribution in [3.05, 3.63) is 46.9 Å². The summed E-state index contributed by atoms with van der Waals surface area (Å²) in [4.78, 5) is 43.9. The highest BCUT2D eigenvalue weighted by Gasteiger charge is 2.28. The van der Waals surface area contributed by atoms with Crippen molar-refractivity contribution in [2.45, 2.75) is 30.7 Å². The predicted octanol–water partition coefficient (Wildman–Crippen LogP) is 0.158. The van der Waals surface area contributed by atoms with E-state index in [1.165, 1.54) is 44.5 Å². The van der Waals surface area contributed by atoms with Crippen molar-refractivity contribution in [1.29, 1.82) is 0 Å². The van der Waals surface area contributed by atoms with Crippen LogP contribution >= 0.6 is 0 Å². The van der Waals surface area contributed by atoms with Gasteiger partial charge in [0.15, 0.2) is 5.96 Å². The van der Waals surface area contributed by atoms with Gasteiger partial charge in [0.1, 0.15) is 17.7 Å². The summed E-state index contributed by atoms with van der Waals surface area (Å²) in [5, 5.41) is 0. The molecule has 1 atom stereocenters. The summed E-state index contributed by atoms with van der Waals surface area (Å²) >= 11 is 0. The van der Waals surface area contributed by atoms with E-state index in [-0.39, 0.29) is 29.5 Å². The van der Waals surface area contributed by atoms with Crippen LogP contribution in [-0.4, -0.2) is 51.3 Å². The number of aldehydes is 1. The third kappa shape index (κ3) is 6.55. The Labute approximate surface area is 190 Å². The molecular formula is C20H26N6O6S. The number of carbonyl (C=O) groups is 2. The minimum Gasteiger partial charge on any atom is -0.497 e. The maximum Gasteiger partial charge on any atom is 0.274 e. The fourth-order valence-electron chi connectivity index (χ4n) is 3.08. The molecule has 0 unspecified atom stereocenters. The number of sulfonamides is 1. The lowest BCUT2D eigenvalue weighted by atomic mass is 10.1. The highest BCUT2D eigenvalue weighted by Crippen LogP contribution is 2.28. The quantitative estimate of drug-likeness (QED) is 0.152. The number of ether oxygens (including phenoxy) is 1. The lowest BCUT2D eigenvalue weighted by Gasteiger charge is -2.28. The van der Waals surface area contributed by atoms with Crippen molar-refractivity contribution in [3.8, 4) is 5.75 Å². The standard InChI is InChI=1S/C20H26N6O6S/c1-13(28)26(14(12-27)5-4-9-24-20(21)22)17-8-10-23-19(29)18(17)25-33(30,31)16-7-3-6-15(11-16)32-2/h3,6-8,10-12,14,25H,4-5,9H2,1-2H3,(H,23,29)(H4,21,22,24)/t14-/m0/s1. The van der Waals surface area contributed by atoms with Crippen LogP contribution in [0.3, 0.4) is 0 Å². The van der Waals surface area contributed by atoms with E-state index in [0.29, 0.717) is 18.5 Å². The monoisotopic (exact) mass is 478 g/mol. The normalized spacial score (nSPS) is 11.8. The Bertz CT molecular complexity index is 1190. The molecule has 0 aliphatic carbocycles. The molecule has 0 aliphatic rings. The SMILES string of the molecule is COc1cccc(S(=O)(=O)Nc2c(N(C(C)=O)[C@H](C=O)CCCN=C(N)N)cc[nH]c2=O)c1. The fraction of sp³-hybridized carbons (Fsp3) is 0.300. The summed E-state index contributed by atoms with van der Waals surface area (Å²) in [6.07, 6.45) is 2.32. The van der Waals surface area contributed by atoms with Gasteiger partial charge in [0.25, 0.3) is 15.6 Å². The maximum atomic E-state index is 12.9. The molecule has 178 valence electrons. The minimum absolute atomic E-state index is 0.0725. The zero-order chi connectivity index (χ0) is 24.6. The molecule has 0 fully saturated rings. The highest BCUT2D eigenvalue weighted by atomic mass is 32.2. The number of nitrogens with two attached hydrogens (primary N) is 2. The first-order valence-corrected chi connectivity index (χ1v) is 11.3. The summed E-state index contributed by atoms with van der Waals surface area (Å²) in [6, 6.07) is 5.98. The van der Waals surface area contributed by atoms with Crippen LogP contribution in [0.2, 0.25) is 0 Å². The Balaban J connectivity index is 2.46. The Kier molecular flexibility index (Phi) is 8.56. The summed E-state index contributed by atoms with van der Waals surface area (Å²) < 4.78 is 33.2. The number of nitrogens with zero attached hydrogens (tertiary/aromatic N) is 2. The largest absolute Gasteiger partial charge is 0.497 e. The molecule has 0 aliphatic heterocycles. The van der Waals surface area contributed by atoms with Gasteiger partial charge in [-0.05, 0) is 31.0 Å². The number of rotatable bonds is 11. The summed E-state index contributed by atoms with van der Waals surface area (Å²) in [5.41, 5.74) is 9.29. The Morgan fingerprint density at radius 2 is 2.06 bits per heavy atom. The molecule has 6 N–H and O–H groups in total. The molecule has 1 heterocycles. The number of aromatic nitrogens is 1. The molecular weight excluding hydrogens is 452 g/mol. The van der Waals surface area contributed by atoms with Gasteiger partial charge in [0.05, 0.1) is 23.7 Å². The Morgan fingerprint density at radius 3 is 2.67 bits per heavy atom. The number of aromatic amines is 1. The number of hydrogen-bond donors (Lipinski definition) is 4. The van der Waals surface area contributed by atoms with Crippen molar-refractivity contribution in [1.82, 2.24) is 4.98 Å². The first-order valence-electron chi connectivity index (χ1n) is 9.79. The van der Waals surface area contributed by atoms with Crippen molar-refractivity contribution in [3.63, 3.8) is 0 Å². The molecule has 2 rings (SSSR count). The minimum atomic E-state index is -4.23.